The summed E-state index contributed by atoms with van der Waals surface area (Å²) < 4.78 is 45.2. The van der Waals surface area contributed by atoms with Crippen molar-refractivity contribution in [1.29, 1.82) is 0 Å². The van der Waals surface area contributed by atoms with Gasteiger partial charge < -0.3 is 47.9 Å². The van der Waals surface area contributed by atoms with Crippen LogP contribution in [0.25, 0.3) is 68.6 Å². The fourth-order valence-corrected chi connectivity index (χ4v) is 6.87. The zero-order valence-corrected chi connectivity index (χ0v) is 38.5. The van der Waals surface area contributed by atoms with Crippen molar-refractivity contribution in [2.24, 2.45) is 0 Å². The van der Waals surface area contributed by atoms with Gasteiger partial charge in [-0.25, -0.2) is 9.97 Å². The molecule has 308 valence electrons. The van der Waals surface area contributed by atoms with Gasteiger partial charge >= 0.3 is 19.5 Å². The molecule has 0 fully saturated rings. The summed E-state index contributed by atoms with van der Waals surface area (Å²) >= 11 is 3.84. The average molecular weight is 929 g/mol. The van der Waals surface area contributed by atoms with E-state index in [1.807, 2.05) is 103 Å². The summed E-state index contributed by atoms with van der Waals surface area (Å²) in [5, 5.41) is 0. The molecular weight excluding hydrogens is 882 g/mol. The van der Waals surface area contributed by atoms with Gasteiger partial charge in [0, 0.05) is 18.7 Å². The zero-order chi connectivity index (χ0) is 40.7. The maximum absolute atomic E-state index is 6.09. The molecule has 7 rings (SSSR count). The number of hydrogen-bond donors (Lipinski definition) is 0. The van der Waals surface area contributed by atoms with Crippen LogP contribution < -0.4 is 19.4 Å². The van der Waals surface area contributed by atoms with Crippen molar-refractivity contribution < 1.29 is 57.4 Å². The SMILES string of the molecule is COCCOCCOCCOc1cccc(-c2c3nc(c(Br)c4ccc([n-]4)c(-c4cccc(OCCOCCOCCOC)c4)c4nc(cc5ccc2[n-]5)C=C4)C=C3)c1.[Zn+2]. The molecule has 0 saturated heterocycles. The average Bonchev–Trinajstić information content (AvgIpc) is 4.10. The van der Waals surface area contributed by atoms with Crippen molar-refractivity contribution in [2.45, 2.75) is 0 Å². The van der Waals surface area contributed by atoms with Gasteiger partial charge in [-0.15, -0.1) is 22.1 Å². The van der Waals surface area contributed by atoms with Gasteiger partial charge in [-0.05, 0) is 86.8 Å². The van der Waals surface area contributed by atoms with Crippen molar-refractivity contribution in [3.8, 4) is 33.8 Å². The number of halogens is 1. The van der Waals surface area contributed by atoms with E-state index in [2.05, 4.69) is 15.9 Å². The second kappa shape index (κ2) is 23.5. The Morgan fingerprint density at radius 2 is 0.967 bits per heavy atom. The second-order valence-corrected chi connectivity index (χ2v) is 14.1. The number of rotatable bonds is 22. The maximum atomic E-state index is 6.09. The van der Waals surface area contributed by atoms with Crippen LogP contribution in [0.3, 0.4) is 0 Å². The minimum absolute atomic E-state index is 0. The Morgan fingerprint density at radius 1 is 0.483 bits per heavy atom. The molecular formula is C46H47BrN4O8Zn. The van der Waals surface area contributed by atoms with E-state index in [-0.39, 0.29) is 19.5 Å². The topological polar surface area (TPSA) is 128 Å². The fourth-order valence-electron chi connectivity index (χ4n) is 6.43. The van der Waals surface area contributed by atoms with E-state index in [4.69, 9.17) is 57.8 Å². The summed E-state index contributed by atoms with van der Waals surface area (Å²) in [6.07, 6.45) is 8.02. The molecule has 0 spiro atoms. The van der Waals surface area contributed by atoms with E-state index in [9.17, 15) is 0 Å². The van der Waals surface area contributed by atoms with E-state index in [1.165, 1.54) is 0 Å². The minimum Gasteiger partial charge on any atom is -0.657 e. The molecule has 0 saturated carbocycles. The first-order valence-corrected chi connectivity index (χ1v) is 20.3. The van der Waals surface area contributed by atoms with Crippen LogP contribution in [0.15, 0.2) is 83.3 Å². The Hall–Kier alpha value is -4.50. The van der Waals surface area contributed by atoms with Gasteiger partial charge in [-0.1, -0.05) is 54.6 Å². The fraction of sp³-hybridized carbons (Fsp3) is 0.304. The van der Waals surface area contributed by atoms with Crippen molar-refractivity contribution in [1.82, 2.24) is 19.9 Å². The number of fused-ring (bicyclic) bond motifs is 8. The van der Waals surface area contributed by atoms with E-state index in [0.29, 0.717) is 79.3 Å². The molecule has 3 aromatic heterocycles. The molecule has 0 radical (unpaired) electrons. The van der Waals surface area contributed by atoms with Crippen LogP contribution in [0.2, 0.25) is 0 Å². The number of ether oxygens (including phenoxy) is 8. The third-order valence-corrected chi connectivity index (χ3v) is 10.0. The molecule has 12 nitrogen and oxygen atoms in total. The molecule has 2 aliphatic rings. The molecule has 2 aromatic carbocycles. The summed E-state index contributed by atoms with van der Waals surface area (Å²) in [7, 11) is 3.30. The van der Waals surface area contributed by atoms with Crippen molar-refractivity contribution in [3.05, 3.63) is 106 Å². The van der Waals surface area contributed by atoms with Gasteiger partial charge in [0.1, 0.15) is 24.7 Å². The molecule has 0 unspecified atom stereocenters. The third-order valence-electron chi connectivity index (χ3n) is 9.22. The first-order chi connectivity index (χ1) is 29.1. The standard InChI is InChI=1S/C46H47BrN4O8.Zn/c1-52-17-19-54-21-23-56-25-27-58-36-7-3-5-32(29-36)44-38-11-9-34(48-38)31-35-10-12-39(49-35)45(41-14-16-43(51-41)46(47)42-15-13-40(44)50-42)33-6-4-8-37(30-33)59-28-26-57-24-22-55-20-18-53-2;/h3-16,29-31H,17-28H2,1-2H3;/q-2;+2. The molecule has 2 aliphatic heterocycles. The molecule has 5 aromatic rings. The van der Waals surface area contributed by atoms with Crippen LogP contribution in [0.1, 0.15) is 22.8 Å². The Kier molecular flexibility index (Phi) is 17.6. The van der Waals surface area contributed by atoms with Crippen LogP contribution >= 0.6 is 15.9 Å². The Bertz CT molecular complexity index is 2330. The molecule has 0 aliphatic carbocycles. The molecule has 0 amide bonds. The predicted octanol–water partition coefficient (Wildman–Crippen LogP) is 8.12. The number of benzene rings is 2. The normalized spacial score (nSPS) is 11.8. The number of nitrogens with zero attached hydrogens (tertiary/aromatic N) is 4. The molecule has 0 N–H and O–H groups in total. The van der Waals surface area contributed by atoms with Gasteiger partial charge in [0.25, 0.3) is 0 Å². The second-order valence-electron chi connectivity index (χ2n) is 13.3. The monoisotopic (exact) mass is 926 g/mol. The van der Waals surface area contributed by atoms with Crippen LogP contribution in [-0.2, 0) is 47.9 Å². The summed E-state index contributed by atoms with van der Waals surface area (Å²) in [5.74, 6) is 1.44. The molecule has 60 heavy (non-hydrogen) atoms. The number of methoxy groups -OCH3 is 2. The number of hydrogen-bond acceptors (Lipinski definition) is 10. The summed E-state index contributed by atoms with van der Waals surface area (Å²) in [4.78, 5) is 20.4. The maximum Gasteiger partial charge on any atom is 2.00 e. The van der Waals surface area contributed by atoms with Crippen molar-refractivity contribution in [3.63, 3.8) is 0 Å². The van der Waals surface area contributed by atoms with Crippen LogP contribution in [0, 0.1) is 0 Å². The quantitative estimate of drug-likeness (QED) is 0.0481. The zero-order valence-electron chi connectivity index (χ0n) is 33.9. The van der Waals surface area contributed by atoms with Crippen LogP contribution in [0.4, 0.5) is 0 Å². The van der Waals surface area contributed by atoms with E-state index in [1.54, 1.807) is 14.2 Å². The van der Waals surface area contributed by atoms with Crippen LogP contribution in [0.5, 0.6) is 11.5 Å². The smallest absolute Gasteiger partial charge is 0.657 e. The Labute approximate surface area is 371 Å². The summed E-state index contributed by atoms with van der Waals surface area (Å²) in [6, 6.07) is 25.9. The minimum atomic E-state index is 0. The Morgan fingerprint density at radius 3 is 1.57 bits per heavy atom. The molecule has 8 bridgehead atoms. The van der Waals surface area contributed by atoms with Gasteiger partial charge in [0.15, 0.2) is 0 Å². The molecule has 5 heterocycles. The van der Waals surface area contributed by atoms with Gasteiger partial charge in [0.05, 0.1) is 88.8 Å². The first kappa shape index (κ1) is 45.0. The van der Waals surface area contributed by atoms with Gasteiger partial charge in [-0.3, -0.25) is 0 Å². The third kappa shape index (κ3) is 12.3. The summed E-state index contributed by atoms with van der Waals surface area (Å²) in [6.45, 7) is 5.88. The van der Waals surface area contributed by atoms with E-state index < -0.39 is 0 Å². The largest absolute Gasteiger partial charge is 2.00 e. The summed E-state index contributed by atoms with van der Waals surface area (Å²) in [5.41, 5.74) is 9.75. The number of aromatic nitrogens is 4. The molecule has 14 heteroatoms. The first-order valence-electron chi connectivity index (χ1n) is 19.5. The van der Waals surface area contributed by atoms with Crippen molar-refractivity contribution >= 4 is 62.3 Å². The van der Waals surface area contributed by atoms with Gasteiger partial charge in [-0.2, -0.15) is 0 Å². The predicted molar refractivity (Wildman–Crippen MR) is 233 cm³/mol. The van der Waals surface area contributed by atoms with Crippen molar-refractivity contribution in [2.75, 3.05) is 93.5 Å². The van der Waals surface area contributed by atoms with E-state index in [0.717, 1.165) is 83.1 Å². The Balaban J connectivity index is 0.00000604. The van der Waals surface area contributed by atoms with E-state index >= 15 is 0 Å². The van der Waals surface area contributed by atoms with Crippen LogP contribution in [-0.4, -0.2) is 103 Å². The molecule has 0 atom stereocenters. The van der Waals surface area contributed by atoms with Gasteiger partial charge in [0.2, 0.25) is 0 Å².